The fourth-order valence-corrected chi connectivity index (χ4v) is 10.3. The van der Waals surface area contributed by atoms with Crippen molar-refractivity contribution in [2.45, 2.75) is 69.2 Å². The van der Waals surface area contributed by atoms with Crippen LogP contribution in [0.1, 0.15) is 58.3 Å². The molecule has 0 aromatic heterocycles. The van der Waals surface area contributed by atoms with Crippen molar-refractivity contribution < 1.29 is 4.57 Å². The zero-order chi connectivity index (χ0) is 20.1. The number of allylic oxidation sites excluding steroid dienone is 2. The van der Waals surface area contributed by atoms with Gasteiger partial charge in [0.15, 0.2) is 0 Å². The first kappa shape index (κ1) is 21.0. The molecule has 2 aliphatic carbocycles. The Kier molecular flexibility index (Phi) is 7.04. The molecular formula is C26H33OPS. The molecule has 29 heavy (non-hydrogen) atoms. The van der Waals surface area contributed by atoms with Gasteiger partial charge in [-0.05, 0) is 42.9 Å². The number of hydrogen-bond donors (Lipinski definition) is 0. The Morgan fingerprint density at radius 2 is 1.41 bits per heavy atom. The summed E-state index contributed by atoms with van der Waals surface area (Å²) in [5.41, 5.74) is 0.202. The molecule has 4 rings (SSSR count). The summed E-state index contributed by atoms with van der Waals surface area (Å²) in [7, 11) is -2.70. The second kappa shape index (κ2) is 9.71. The Bertz CT molecular complexity index is 811. The SMILES string of the molecule is C[C@@H]1CC(SC2CCCCC2)=CCC[C@H]1P(=O)(c1ccccc1)c1ccccc1. The van der Waals surface area contributed by atoms with Crippen LogP contribution in [0.3, 0.4) is 0 Å². The Balaban J connectivity index is 1.60. The Hall–Kier alpha value is -1.24. The lowest BCUT2D eigenvalue weighted by atomic mass is 10.0. The summed E-state index contributed by atoms with van der Waals surface area (Å²) in [6.45, 7) is 2.34. The third-order valence-corrected chi connectivity index (χ3v) is 11.9. The van der Waals surface area contributed by atoms with E-state index in [9.17, 15) is 4.57 Å². The fourth-order valence-electron chi connectivity index (χ4n) is 5.10. The average Bonchev–Trinajstić information content (AvgIpc) is 2.96. The van der Waals surface area contributed by atoms with Crippen molar-refractivity contribution in [3.05, 3.63) is 71.6 Å². The molecule has 0 spiro atoms. The maximum atomic E-state index is 14.8. The summed E-state index contributed by atoms with van der Waals surface area (Å²) < 4.78 is 14.8. The van der Waals surface area contributed by atoms with Gasteiger partial charge < -0.3 is 4.57 Å². The lowest BCUT2D eigenvalue weighted by molar-refractivity contribution is 0.503. The molecule has 1 fully saturated rings. The van der Waals surface area contributed by atoms with E-state index in [0.29, 0.717) is 5.92 Å². The second-order valence-electron chi connectivity index (χ2n) is 8.70. The van der Waals surface area contributed by atoms with Crippen LogP contribution in [-0.4, -0.2) is 10.9 Å². The first-order valence-electron chi connectivity index (χ1n) is 11.2. The summed E-state index contributed by atoms with van der Waals surface area (Å²) in [5, 5.41) is 2.84. The van der Waals surface area contributed by atoms with E-state index in [4.69, 9.17) is 0 Å². The molecule has 2 aliphatic rings. The highest BCUT2D eigenvalue weighted by Crippen LogP contribution is 2.55. The Morgan fingerprint density at radius 1 is 0.828 bits per heavy atom. The molecular weight excluding hydrogens is 391 g/mol. The van der Waals surface area contributed by atoms with Gasteiger partial charge in [-0.2, -0.15) is 0 Å². The molecule has 1 saturated carbocycles. The van der Waals surface area contributed by atoms with Crippen LogP contribution in [0, 0.1) is 5.92 Å². The molecule has 154 valence electrons. The van der Waals surface area contributed by atoms with Crippen molar-refractivity contribution >= 4 is 29.5 Å². The van der Waals surface area contributed by atoms with Gasteiger partial charge in [-0.3, -0.25) is 0 Å². The van der Waals surface area contributed by atoms with E-state index in [1.165, 1.54) is 32.1 Å². The molecule has 1 nitrogen and oxygen atoms in total. The van der Waals surface area contributed by atoms with Gasteiger partial charge in [-0.25, -0.2) is 0 Å². The molecule has 0 saturated heterocycles. The monoisotopic (exact) mass is 424 g/mol. The van der Waals surface area contributed by atoms with Crippen LogP contribution in [0.25, 0.3) is 0 Å². The summed E-state index contributed by atoms with van der Waals surface area (Å²) in [5.74, 6) is 0.422. The third-order valence-electron chi connectivity index (χ3n) is 6.63. The van der Waals surface area contributed by atoms with Crippen molar-refractivity contribution in [2.75, 3.05) is 0 Å². The van der Waals surface area contributed by atoms with Gasteiger partial charge in [0.25, 0.3) is 0 Å². The lowest BCUT2D eigenvalue weighted by Crippen LogP contribution is -2.30. The van der Waals surface area contributed by atoms with Gasteiger partial charge in [-0.15, -0.1) is 11.8 Å². The number of hydrogen-bond acceptors (Lipinski definition) is 2. The highest BCUT2D eigenvalue weighted by Gasteiger charge is 2.40. The summed E-state index contributed by atoms with van der Waals surface area (Å²) in [6.07, 6.45) is 12.5. The zero-order valence-electron chi connectivity index (χ0n) is 17.5. The molecule has 0 aliphatic heterocycles. The highest BCUT2D eigenvalue weighted by atomic mass is 32.2. The quantitative estimate of drug-likeness (QED) is 0.475. The molecule has 0 bridgehead atoms. The van der Waals surface area contributed by atoms with Crippen LogP contribution in [0.15, 0.2) is 71.6 Å². The van der Waals surface area contributed by atoms with Gasteiger partial charge in [0.05, 0.1) is 0 Å². The number of thioether (sulfide) groups is 1. The molecule has 2 aromatic rings. The first-order valence-corrected chi connectivity index (χ1v) is 13.9. The minimum absolute atomic E-state index is 0.202. The van der Waals surface area contributed by atoms with E-state index >= 15 is 0 Å². The van der Waals surface area contributed by atoms with E-state index in [-0.39, 0.29) is 5.66 Å². The molecule has 0 amide bonds. The molecule has 2 atom stereocenters. The fraction of sp³-hybridized carbons (Fsp3) is 0.462. The maximum absolute atomic E-state index is 14.8. The van der Waals surface area contributed by atoms with E-state index in [1.54, 1.807) is 4.91 Å². The predicted molar refractivity (Wildman–Crippen MR) is 129 cm³/mol. The van der Waals surface area contributed by atoms with Crippen molar-refractivity contribution in [1.82, 2.24) is 0 Å². The van der Waals surface area contributed by atoms with Crippen LogP contribution in [0.4, 0.5) is 0 Å². The first-order chi connectivity index (χ1) is 14.2. The van der Waals surface area contributed by atoms with Gasteiger partial charge in [0.1, 0.15) is 7.14 Å². The lowest BCUT2D eigenvalue weighted by Gasteiger charge is -2.32. The normalized spacial score (nSPS) is 24.0. The predicted octanol–water partition coefficient (Wildman–Crippen LogP) is 7.14. The standard InChI is InChI=1S/C26H33OPS/c1-21-20-25(29-24-16-9-4-10-17-24)18-11-19-26(21)28(27,22-12-5-2-6-13-22)23-14-7-3-8-15-23/h2-3,5-8,12-15,18,21,24,26H,4,9-11,16-17,19-20H2,1H3/t21-,26-/m1/s1. The maximum Gasteiger partial charge on any atom is 0.146 e. The van der Waals surface area contributed by atoms with E-state index in [0.717, 1.165) is 35.1 Å². The van der Waals surface area contributed by atoms with Crippen molar-refractivity contribution in [1.29, 1.82) is 0 Å². The average molecular weight is 425 g/mol. The third kappa shape index (κ3) is 4.75. The molecule has 3 heteroatoms. The number of rotatable bonds is 5. The molecule has 2 aromatic carbocycles. The smallest absolute Gasteiger partial charge is 0.146 e. The van der Waals surface area contributed by atoms with E-state index in [2.05, 4.69) is 49.0 Å². The highest BCUT2D eigenvalue weighted by molar-refractivity contribution is 8.03. The van der Waals surface area contributed by atoms with Gasteiger partial charge in [0.2, 0.25) is 0 Å². The Morgan fingerprint density at radius 3 is 2.00 bits per heavy atom. The Labute approximate surface area is 180 Å². The van der Waals surface area contributed by atoms with Crippen LogP contribution in [0.5, 0.6) is 0 Å². The minimum Gasteiger partial charge on any atom is -0.313 e. The molecule has 0 unspecified atom stereocenters. The summed E-state index contributed by atoms with van der Waals surface area (Å²) in [6, 6.07) is 20.5. The topological polar surface area (TPSA) is 17.1 Å². The second-order valence-corrected chi connectivity index (χ2v) is 13.1. The molecule has 0 heterocycles. The summed E-state index contributed by atoms with van der Waals surface area (Å²) in [4.78, 5) is 1.56. The zero-order valence-corrected chi connectivity index (χ0v) is 19.2. The van der Waals surface area contributed by atoms with Gasteiger partial charge in [0, 0.05) is 21.5 Å². The van der Waals surface area contributed by atoms with Gasteiger partial charge in [-0.1, -0.05) is 92.9 Å². The largest absolute Gasteiger partial charge is 0.313 e. The summed E-state index contributed by atoms with van der Waals surface area (Å²) >= 11 is 2.13. The van der Waals surface area contributed by atoms with Crippen LogP contribution in [-0.2, 0) is 4.57 Å². The van der Waals surface area contributed by atoms with Crippen LogP contribution in [0.2, 0.25) is 0 Å². The van der Waals surface area contributed by atoms with E-state index < -0.39 is 7.14 Å². The van der Waals surface area contributed by atoms with E-state index in [1.807, 2.05) is 36.4 Å². The molecule has 0 radical (unpaired) electrons. The molecule has 0 N–H and O–H groups in total. The number of benzene rings is 2. The van der Waals surface area contributed by atoms with Crippen molar-refractivity contribution in [3.63, 3.8) is 0 Å². The van der Waals surface area contributed by atoms with Gasteiger partial charge >= 0.3 is 0 Å². The minimum atomic E-state index is -2.70. The van der Waals surface area contributed by atoms with Crippen molar-refractivity contribution in [3.8, 4) is 0 Å². The van der Waals surface area contributed by atoms with Crippen LogP contribution < -0.4 is 10.6 Å². The van der Waals surface area contributed by atoms with Crippen LogP contribution >= 0.6 is 18.9 Å². The van der Waals surface area contributed by atoms with Crippen molar-refractivity contribution in [2.24, 2.45) is 5.92 Å².